The van der Waals surface area contributed by atoms with Gasteiger partial charge in [0.05, 0.1) is 6.10 Å². The third kappa shape index (κ3) is 3.17. The summed E-state index contributed by atoms with van der Waals surface area (Å²) in [6.07, 6.45) is -0.244. The number of aliphatic hydroxyl groups is 1. The van der Waals surface area contributed by atoms with Crippen LogP contribution in [0.15, 0.2) is 18.2 Å². The van der Waals surface area contributed by atoms with Crippen molar-refractivity contribution in [2.24, 2.45) is 5.92 Å². The Labute approximate surface area is 100.0 Å². The van der Waals surface area contributed by atoms with Crippen molar-refractivity contribution in [2.45, 2.75) is 19.4 Å². The maximum absolute atomic E-state index is 13.5. The number of rotatable bonds is 5. The van der Waals surface area contributed by atoms with E-state index in [1.807, 2.05) is 6.92 Å². The van der Waals surface area contributed by atoms with Crippen molar-refractivity contribution in [3.63, 3.8) is 0 Å². The van der Waals surface area contributed by atoms with Crippen LogP contribution in [0.3, 0.4) is 0 Å². The van der Waals surface area contributed by atoms with Crippen LogP contribution in [0.5, 0.6) is 0 Å². The molecule has 2 nitrogen and oxygen atoms in total. The fraction of sp³-hybridized carbons (Fsp3) is 0.500. The van der Waals surface area contributed by atoms with Crippen LogP contribution >= 0.6 is 11.6 Å². The minimum atomic E-state index is -0.899. The molecule has 0 heterocycles. The molecule has 1 aromatic rings. The van der Waals surface area contributed by atoms with Crippen LogP contribution in [0.25, 0.3) is 0 Å². The summed E-state index contributed by atoms with van der Waals surface area (Å²) >= 11 is 5.87. The molecule has 0 radical (unpaired) electrons. The molecule has 0 aliphatic carbocycles. The maximum atomic E-state index is 13.5. The Bertz CT molecular complexity index is 324. The highest BCUT2D eigenvalue weighted by Crippen LogP contribution is 2.31. The highest BCUT2D eigenvalue weighted by atomic mass is 35.5. The van der Waals surface area contributed by atoms with Crippen LogP contribution < -0.4 is 0 Å². The molecule has 0 aliphatic heterocycles. The quantitative estimate of drug-likeness (QED) is 0.865. The van der Waals surface area contributed by atoms with Gasteiger partial charge in [0, 0.05) is 24.3 Å². The van der Waals surface area contributed by atoms with Gasteiger partial charge in [-0.1, -0.05) is 24.6 Å². The van der Waals surface area contributed by atoms with Gasteiger partial charge in [-0.2, -0.15) is 0 Å². The summed E-state index contributed by atoms with van der Waals surface area (Å²) in [4.78, 5) is 0. The molecule has 1 rings (SSSR count). The van der Waals surface area contributed by atoms with Crippen molar-refractivity contribution < 1.29 is 14.2 Å². The highest BCUT2D eigenvalue weighted by molar-refractivity contribution is 6.31. The summed E-state index contributed by atoms with van der Waals surface area (Å²) in [6, 6.07) is 4.40. The van der Waals surface area contributed by atoms with Crippen LogP contribution in [0.1, 0.15) is 25.0 Å². The molecule has 0 fully saturated rings. The van der Waals surface area contributed by atoms with Crippen molar-refractivity contribution in [1.29, 1.82) is 0 Å². The molecule has 2 atom stereocenters. The van der Waals surface area contributed by atoms with Crippen molar-refractivity contribution >= 4 is 11.6 Å². The average molecular weight is 247 g/mol. The Morgan fingerprint density at radius 2 is 2.19 bits per heavy atom. The molecule has 90 valence electrons. The van der Waals surface area contributed by atoms with Gasteiger partial charge in [-0.3, -0.25) is 0 Å². The maximum Gasteiger partial charge on any atom is 0.130 e. The number of methoxy groups -OCH3 is 1. The van der Waals surface area contributed by atoms with Crippen LogP contribution in [-0.2, 0) is 4.74 Å². The first-order valence-corrected chi connectivity index (χ1v) is 5.56. The Morgan fingerprint density at radius 1 is 1.50 bits per heavy atom. The molecule has 0 amide bonds. The van der Waals surface area contributed by atoms with E-state index in [1.165, 1.54) is 12.1 Å². The molecule has 1 aromatic carbocycles. The van der Waals surface area contributed by atoms with E-state index < -0.39 is 11.9 Å². The molecule has 0 aromatic heterocycles. The fourth-order valence-corrected chi connectivity index (χ4v) is 1.81. The second kappa shape index (κ2) is 6.18. The van der Waals surface area contributed by atoms with E-state index in [2.05, 4.69) is 0 Å². The Balaban J connectivity index is 2.82. The zero-order valence-electron chi connectivity index (χ0n) is 9.41. The van der Waals surface area contributed by atoms with E-state index >= 15 is 0 Å². The van der Waals surface area contributed by atoms with Gasteiger partial charge in [-0.15, -0.1) is 0 Å². The number of hydrogen-bond acceptors (Lipinski definition) is 2. The van der Waals surface area contributed by atoms with E-state index in [9.17, 15) is 9.50 Å². The normalized spacial score (nSPS) is 14.8. The number of benzene rings is 1. The first kappa shape index (κ1) is 13.4. The van der Waals surface area contributed by atoms with Gasteiger partial charge in [-0.25, -0.2) is 4.39 Å². The summed E-state index contributed by atoms with van der Waals surface area (Å²) in [7, 11) is 1.59. The minimum Gasteiger partial charge on any atom is -0.388 e. The van der Waals surface area contributed by atoms with Gasteiger partial charge >= 0.3 is 0 Å². The summed E-state index contributed by atoms with van der Waals surface area (Å²) in [5.41, 5.74) is 0.174. The number of aliphatic hydroxyl groups excluding tert-OH is 1. The average Bonchev–Trinajstić information content (AvgIpc) is 2.25. The Hall–Kier alpha value is -0.640. The van der Waals surface area contributed by atoms with E-state index in [4.69, 9.17) is 16.3 Å². The number of halogens is 2. The lowest BCUT2D eigenvalue weighted by atomic mass is 9.94. The highest BCUT2D eigenvalue weighted by Gasteiger charge is 2.22. The van der Waals surface area contributed by atoms with Crippen molar-refractivity contribution in [3.8, 4) is 0 Å². The molecule has 0 bridgehead atoms. The molecule has 1 N–H and O–H groups in total. The molecule has 2 unspecified atom stereocenters. The predicted molar refractivity (Wildman–Crippen MR) is 62.0 cm³/mol. The van der Waals surface area contributed by atoms with E-state index in [0.29, 0.717) is 13.0 Å². The lowest BCUT2D eigenvalue weighted by molar-refractivity contribution is 0.0859. The molecule has 0 spiro atoms. The van der Waals surface area contributed by atoms with Crippen LogP contribution in [0, 0.1) is 11.7 Å². The van der Waals surface area contributed by atoms with Gasteiger partial charge in [-0.05, 0) is 24.5 Å². The summed E-state index contributed by atoms with van der Waals surface area (Å²) in [6.45, 7) is 2.37. The molecule has 0 saturated carbocycles. The molecular formula is C12H16ClFO2. The SMILES string of the molecule is COCCC(C)C(O)c1c(F)cccc1Cl. The first-order valence-electron chi connectivity index (χ1n) is 5.18. The molecule has 0 saturated heterocycles. The van der Waals surface area contributed by atoms with E-state index in [-0.39, 0.29) is 16.5 Å². The van der Waals surface area contributed by atoms with Crippen molar-refractivity contribution in [1.82, 2.24) is 0 Å². The Kier molecular flexibility index (Phi) is 5.19. The third-order valence-corrected chi connectivity index (χ3v) is 2.94. The zero-order chi connectivity index (χ0) is 12.1. The predicted octanol–water partition coefficient (Wildman–Crippen LogP) is 3.19. The van der Waals surface area contributed by atoms with Crippen LogP contribution in [0.2, 0.25) is 5.02 Å². The summed E-state index contributed by atoms with van der Waals surface area (Å²) in [5.74, 6) is -0.571. The lowest BCUT2D eigenvalue weighted by Crippen LogP contribution is -2.13. The topological polar surface area (TPSA) is 29.5 Å². The summed E-state index contributed by atoms with van der Waals surface area (Å²) < 4.78 is 18.4. The minimum absolute atomic E-state index is 0.102. The van der Waals surface area contributed by atoms with Crippen molar-refractivity contribution in [3.05, 3.63) is 34.6 Å². The van der Waals surface area contributed by atoms with E-state index in [0.717, 1.165) is 0 Å². The van der Waals surface area contributed by atoms with Gasteiger partial charge in [0.1, 0.15) is 5.82 Å². The first-order chi connectivity index (χ1) is 7.57. The summed E-state index contributed by atoms with van der Waals surface area (Å²) in [5, 5.41) is 10.3. The third-order valence-electron chi connectivity index (χ3n) is 2.61. The van der Waals surface area contributed by atoms with Crippen LogP contribution in [-0.4, -0.2) is 18.8 Å². The molecular weight excluding hydrogens is 231 g/mol. The van der Waals surface area contributed by atoms with Gasteiger partial charge in [0.15, 0.2) is 0 Å². The smallest absolute Gasteiger partial charge is 0.130 e. The Morgan fingerprint density at radius 3 is 2.75 bits per heavy atom. The molecule has 16 heavy (non-hydrogen) atoms. The van der Waals surface area contributed by atoms with Crippen molar-refractivity contribution in [2.75, 3.05) is 13.7 Å². The molecule has 4 heteroatoms. The number of hydrogen-bond donors (Lipinski definition) is 1. The van der Waals surface area contributed by atoms with E-state index in [1.54, 1.807) is 13.2 Å². The molecule has 0 aliphatic rings. The standard InChI is InChI=1S/C12H16ClFO2/c1-8(6-7-16-2)12(15)11-9(13)4-3-5-10(11)14/h3-5,8,12,15H,6-7H2,1-2H3. The zero-order valence-corrected chi connectivity index (χ0v) is 10.2. The monoisotopic (exact) mass is 246 g/mol. The van der Waals surface area contributed by atoms with Crippen LogP contribution in [0.4, 0.5) is 4.39 Å². The second-order valence-corrected chi connectivity index (χ2v) is 4.25. The number of ether oxygens (including phenoxy) is 1. The van der Waals surface area contributed by atoms with Gasteiger partial charge in [0.2, 0.25) is 0 Å². The van der Waals surface area contributed by atoms with Gasteiger partial charge < -0.3 is 9.84 Å². The largest absolute Gasteiger partial charge is 0.388 e. The lowest BCUT2D eigenvalue weighted by Gasteiger charge is -2.20. The van der Waals surface area contributed by atoms with Gasteiger partial charge in [0.25, 0.3) is 0 Å². The fourth-order valence-electron chi connectivity index (χ4n) is 1.54. The second-order valence-electron chi connectivity index (χ2n) is 3.84.